The van der Waals surface area contributed by atoms with Gasteiger partial charge >= 0.3 is 0 Å². The van der Waals surface area contributed by atoms with Crippen LogP contribution in [0.25, 0.3) is 0 Å². The predicted molar refractivity (Wildman–Crippen MR) is 67.6 cm³/mol. The second-order valence-electron chi connectivity index (χ2n) is 4.56. The zero-order valence-electron chi connectivity index (χ0n) is 10.0. The second kappa shape index (κ2) is 6.12. The molecule has 1 aromatic rings. The van der Waals surface area contributed by atoms with E-state index in [0.717, 1.165) is 0 Å². The summed E-state index contributed by atoms with van der Waals surface area (Å²) in [5, 5.41) is 0.415. The van der Waals surface area contributed by atoms with Gasteiger partial charge in [0, 0.05) is 23.9 Å². The fourth-order valence-corrected chi connectivity index (χ4v) is 1.65. The van der Waals surface area contributed by atoms with Crippen LogP contribution >= 0.6 is 11.6 Å². The number of carbonyl (C=O) groups excluding carboxylic acids is 1. The minimum atomic E-state index is -0.384. The van der Waals surface area contributed by atoms with Crippen LogP contribution in [0.5, 0.6) is 0 Å². The van der Waals surface area contributed by atoms with E-state index in [0.29, 0.717) is 17.0 Å². The number of benzene rings is 1. The number of halogens is 2. The third kappa shape index (κ3) is 4.44. The average molecular weight is 258 g/mol. The van der Waals surface area contributed by atoms with Crippen molar-refractivity contribution >= 4 is 17.4 Å². The van der Waals surface area contributed by atoms with E-state index < -0.39 is 0 Å². The molecule has 0 bridgehead atoms. The molecule has 1 aromatic carbocycles. The van der Waals surface area contributed by atoms with Crippen molar-refractivity contribution in [2.24, 2.45) is 11.7 Å². The van der Waals surface area contributed by atoms with Gasteiger partial charge in [0.25, 0.3) is 0 Å². The van der Waals surface area contributed by atoms with Crippen molar-refractivity contribution in [2.45, 2.75) is 32.7 Å². The number of Topliss-reactive ketones (excluding diaryl/α,β-unsaturated/α-hetero) is 1. The summed E-state index contributed by atoms with van der Waals surface area (Å²) >= 11 is 5.89. The molecule has 1 unspecified atom stereocenters. The van der Waals surface area contributed by atoms with Gasteiger partial charge < -0.3 is 5.73 Å². The fraction of sp³-hybridized carbons (Fsp3) is 0.462. The van der Waals surface area contributed by atoms with Crippen molar-refractivity contribution in [3.8, 4) is 0 Å². The average Bonchev–Trinajstić information content (AvgIpc) is 2.23. The Balaban J connectivity index is 2.65. The lowest BCUT2D eigenvalue weighted by Gasteiger charge is -2.14. The van der Waals surface area contributed by atoms with Gasteiger partial charge in [-0.25, -0.2) is 4.39 Å². The van der Waals surface area contributed by atoms with E-state index in [2.05, 4.69) is 0 Å². The van der Waals surface area contributed by atoms with Gasteiger partial charge in [0.15, 0.2) is 0 Å². The van der Waals surface area contributed by atoms with Gasteiger partial charge in [-0.3, -0.25) is 4.79 Å². The Labute approximate surface area is 106 Å². The van der Waals surface area contributed by atoms with Gasteiger partial charge in [0.2, 0.25) is 0 Å². The fourth-order valence-electron chi connectivity index (χ4n) is 1.46. The maximum Gasteiger partial charge on any atom is 0.138 e. The number of hydrogen-bond donors (Lipinski definition) is 1. The lowest BCUT2D eigenvalue weighted by Crippen LogP contribution is -2.29. The maximum absolute atomic E-state index is 13.0. The molecule has 94 valence electrons. The Hall–Kier alpha value is -0.930. The van der Waals surface area contributed by atoms with Gasteiger partial charge in [-0.2, -0.15) is 0 Å². The highest BCUT2D eigenvalue weighted by atomic mass is 35.5. The highest BCUT2D eigenvalue weighted by molar-refractivity contribution is 6.31. The quantitative estimate of drug-likeness (QED) is 0.881. The van der Waals surface area contributed by atoms with Crippen LogP contribution in [0.1, 0.15) is 25.8 Å². The minimum absolute atomic E-state index is 0.0151. The van der Waals surface area contributed by atoms with Gasteiger partial charge in [-0.15, -0.1) is 0 Å². The standard InChI is InChI=1S/C13H17ClFNO/c1-8(2)13(16)7-11(17)6-9-5-10(15)3-4-12(9)14/h3-5,8,13H,6-7,16H2,1-2H3. The van der Waals surface area contributed by atoms with Crippen LogP contribution in [0.3, 0.4) is 0 Å². The molecule has 0 radical (unpaired) electrons. The maximum atomic E-state index is 13.0. The molecule has 0 fully saturated rings. The molecular weight excluding hydrogens is 241 g/mol. The van der Waals surface area contributed by atoms with E-state index in [4.69, 9.17) is 17.3 Å². The summed E-state index contributed by atoms with van der Waals surface area (Å²) in [7, 11) is 0. The monoisotopic (exact) mass is 257 g/mol. The Morgan fingerprint density at radius 2 is 2.12 bits per heavy atom. The van der Waals surface area contributed by atoms with Gasteiger partial charge in [0.05, 0.1) is 0 Å². The van der Waals surface area contributed by atoms with Gasteiger partial charge in [-0.05, 0) is 29.7 Å². The van der Waals surface area contributed by atoms with Crippen molar-refractivity contribution in [1.82, 2.24) is 0 Å². The summed E-state index contributed by atoms with van der Waals surface area (Å²) in [6, 6.07) is 3.87. The van der Waals surface area contributed by atoms with Crippen LogP contribution in [-0.4, -0.2) is 11.8 Å². The first-order valence-corrected chi connectivity index (χ1v) is 5.99. The molecule has 0 aliphatic rings. The summed E-state index contributed by atoms with van der Waals surface area (Å²) in [5.74, 6) is -0.147. The third-order valence-corrected chi connectivity index (χ3v) is 3.08. The molecule has 2 nitrogen and oxygen atoms in total. The molecule has 0 aliphatic heterocycles. The van der Waals surface area contributed by atoms with E-state index in [9.17, 15) is 9.18 Å². The molecule has 2 N–H and O–H groups in total. The molecule has 4 heteroatoms. The summed E-state index contributed by atoms with van der Waals surface area (Å²) < 4.78 is 13.0. The number of carbonyl (C=O) groups is 1. The molecule has 0 aromatic heterocycles. The molecule has 0 saturated carbocycles. The van der Waals surface area contributed by atoms with E-state index in [-0.39, 0.29) is 30.0 Å². The van der Waals surface area contributed by atoms with Crippen molar-refractivity contribution in [1.29, 1.82) is 0 Å². The first-order chi connectivity index (χ1) is 7.90. The van der Waals surface area contributed by atoms with Gasteiger partial charge in [-0.1, -0.05) is 25.4 Å². The highest BCUT2D eigenvalue weighted by Gasteiger charge is 2.14. The Morgan fingerprint density at radius 3 is 2.71 bits per heavy atom. The number of ketones is 1. The minimum Gasteiger partial charge on any atom is -0.327 e. The Kier molecular flexibility index (Phi) is 5.09. The molecule has 1 atom stereocenters. The summed E-state index contributed by atoms with van der Waals surface area (Å²) in [5.41, 5.74) is 6.33. The molecule has 1 rings (SSSR count). The third-order valence-electron chi connectivity index (χ3n) is 2.72. The van der Waals surface area contributed by atoms with E-state index in [1.807, 2.05) is 13.8 Å². The van der Waals surface area contributed by atoms with Crippen LogP contribution in [0, 0.1) is 11.7 Å². The van der Waals surface area contributed by atoms with E-state index in [1.54, 1.807) is 0 Å². The normalized spacial score (nSPS) is 12.8. The van der Waals surface area contributed by atoms with Crippen LogP contribution < -0.4 is 5.73 Å². The highest BCUT2D eigenvalue weighted by Crippen LogP contribution is 2.18. The Bertz CT molecular complexity index is 406. The van der Waals surface area contributed by atoms with Crippen molar-refractivity contribution in [2.75, 3.05) is 0 Å². The number of rotatable bonds is 5. The largest absolute Gasteiger partial charge is 0.327 e. The predicted octanol–water partition coefficient (Wildman–Crippen LogP) is 2.96. The summed E-state index contributed by atoms with van der Waals surface area (Å²) in [6.45, 7) is 3.93. The van der Waals surface area contributed by atoms with Crippen molar-refractivity contribution in [3.05, 3.63) is 34.6 Å². The van der Waals surface area contributed by atoms with E-state index in [1.165, 1.54) is 18.2 Å². The zero-order valence-corrected chi connectivity index (χ0v) is 10.8. The van der Waals surface area contributed by atoms with Crippen molar-refractivity contribution in [3.63, 3.8) is 0 Å². The molecule has 0 amide bonds. The smallest absolute Gasteiger partial charge is 0.138 e. The summed E-state index contributed by atoms with van der Waals surface area (Å²) in [4.78, 5) is 11.7. The summed E-state index contributed by atoms with van der Waals surface area (Å²) in [6.07, 6.45) is 0.432. The number of nitrogens with two attached hydrogens (primary N) is 1. The number of hydrogen-bond acceptors (Lipinski definition) is 2. The molecule has 0 aliphatic carbocycles. The molecular formula is C13H17ClFNO. The van der Waals surface area contributed by atoms with Crippen molar-refractivity contribution < 1.29 is 9.18 Å². The molecule has 0 heterocycles. The van der Waals surface area contributed by atoms with E-state index >= 15 is 0 Å². The molecule has 17 heavy (non-hydrogen) atoms. The van der Waals surface area contributed by atoms with Crippen LogP contribution in [0.15, 0.2) is 18.2 Å². The first kappa shape index (κ1) is 14.1. The van der Waals surface area contributed by atoms with Crippen LogP contribution in [0.2, 0.25) is 5.02 Å². The lowest BCUT2D eigenvalue weighted by molar-refractivity contribution is -0.118. The topological polar surface area (TPSA) is 43.1 Å². The lowest BCUT2D eigenvalue weighted by atomic mass is 9.97. The Morgan fingerprint density at radius 1 is 1.47 bits per heavy atom. The second-order valence-corrected chi connectivity index (χ2v) is 4.97. The SMILES string of the molecule is CC(C)C(N)CC(=O)Cc1cc(F)ccc1Cl. The zero-order chi connectivity index (χ0) is 13.0. The molecule has 0 spiro atoms. The van der Waals surface area contributed by atoms with Crippen LogP contribution in [-0.2, 0) is 11.2 Å². The first-order valence-electron chi connectivity index (χ1n) is 5.61. The van der Waals surface area contributed by atoms with Gasteiger partial charge in [0.1, 0.15) is 11.6 Å². The molecule has 0 saturated heterocycles. The van der Waals surface area contributed by atoms with Crippen LogP contribution in [0.4, 0.5) is 4.39 Å².